The maximum atomic E-state index is 12.2. The Balaban J connectivity index is 1.80. The Morgan fingerprint density at radius 3 is 2.15 bits per heavy atom. The molecule has 0 saturated carbocycles. The fraction of sp³-hybridized carbons (Fsp3) is 0.471. The monoisotopic (exact) mass is 336 g/mol. The third kappa shape index (κ3) is 3.51. The minimum absolute atomic E-state index is 0.0115. The standard InChI is InChI=1S/C17H21BrO2/c18-12-8-4-2-1-3-5-11-15-16(19)13-9-6-7-10-14(13)17(15)20/h6-7,9-10,19H,1-5,8,11-12H2. The lowest BCUT2D eigenvalue weighted by atomic mass is 10.0. The molecule has 1 aromatic carbocycles. The first-order valence-electron chi connectivity index (χ1n) is 7.38. The minimum atomic E-state index is 0.0115. The highest BCUT2D eigenvalue weighted by atomic mass is 79.9. The molecule has 20 heavy (non-hydrogen) atoms. The van der Waals surface area contributed by atoms with E-state index in [-0.39, 0.29) is 11.5 Å². The minimum Gasteiger partial charge on any atom is -0.507 e. The van der Waals surface area contributed by atoms with Crippen LogP contribution in [0.15, 0.2) is 29.8 Å². The third-order valence-electron chi connectivity index (χ3n) is 3.80. The molecule has 1 N–H and O–H groups in total. The number of hydrogen-bond acceptors (Lipinski definition) is 2. The summed E-state index contributed by atoms with van der Waals surface area (Å²) in [6.07, 6.45) is 7.77. The van der Waals surface area contributed by atoms with E-state index >= 15 is 0 Å². The topological polar surface area (TPSA) is 37.3 Å². The fourth-order valence-electron chi connectivity index (χ4n) is 2.66. The first-order chi connectivity index (χ1) is 9.75. The number of unbranched alkanes of at least 4 members (excludes halogenated alkanes) is 5. The van der Waals surface area contributed by atoms with Crippen LogP contribution in [0.4, 0.5) is 0 Å². The summed E-state index contributed by atoms with van der Waals surface area (Å²) in [6.45, 7) is 0. The van der Waals surface area contributed by atoms with Gasteiger partial charge in [-0.3, -0.25) is 4.79 Å². The largest absolute Gasteiger partial charge is 0.507 e. The first kappa shape index (κ1) is 15.3. The molecule has 108 valence electrons. The van der Waals surface area contributed by atoms with E-state index in [1.54, 1.807) is 6.07 Å². The van der Waals surface area contributed by atoms with Gasteiger partial charge in [0.15, 0.2) is 5.78 Å². The smallest absolute Gasteiger partial charge is 0.193 e. The molecule has 2 nitrogen and oxygen atoms in total. The van der Waals surface area contributed by atoms with Gasteiger partial charge in [0, 0.05) is 22.0 Å². The van der Waals surface area contributed by atoms with Crippen LogP contribution < -0.4 is 0 Å². The Hall–Kier alpha value is -1.09. The molecule has 3 heteroatoms. The second kappa shape index (κ2) is 7.63. The van der Waals surface area contributed by atoms with Gasteiger partial charge in [-0.1, -0.05) is 65.9 Å². The highest BCUT2D eigenvalue weighted by Crippen LogP contribution is 2.33. The average Bonchev–Trinajstić information content (AvgIpc) is 2.71. The van der Waals surface area contributed by atoms with Crippen LogP contribution in [0.2, 0.25) is 0 Å². The highest BCUT2D eigenvalue weighted by molar-refractivity contribution is 9.09. The molecule has 0 spiro atoms. The third-order valence-corrected chi connectivity index (χ3v) is 4.36. The van der Waals surface area contributed by atoms with Crippen molar-refractivity contribution >= 4 is 27.5 Å². The van der Waals surface area contributed by atoms with E-state index in [0.717, 1.165) is 18.2 Å². The summed E-state index contributed by atoms with van der Waals surface area (Å²) < 4.78 is 0. The van der Waals surface area contributed by atoms with Gasteiger partial charge in [0.1, 0.15) is 5.76 Å². The van der Waals surface area contributed by atoms with Crippen molar-refractivity contribution in [3.05, 3.63) is 41.0 Å². The van der Waals surface area contributed by atoms with E-state index in [1.807, 2.05) is 18.2 Å². The summed E-state index contributed by atoms with van der Waals surface area (Å²) in [7, 11) is 0. The average molecular weight is 337 g/mol. The van der Waals surface area contributed by atoms with Gasteiger partial charge in [-0.2, -0.15) is 0 Å². The van der Waals surface area contributed by atoms with Gasteiger partial charge in [-0.25, -0.2) is 0 Å². The summed E-state index contributed by atoms with van der Waals surface area (Å²) >= 11 is 3.43. The van der Waals surface area contributed by atoms with Crippen molar-refractivity contribution in [2.24, 2.45) is 0 Å². The molecule has 1 aliphatic rings. The van der Waals surface area contributed by atoms with Gasteiger partial charge < -0.3 is 5.11 Å². The van der Waals surface area contributed by atoms with Gasteiger partial charge >= 0.3 is 0 Å². The summed E-state index contributed by atoms with van der Waals surface area (Å²) in [5.74, 6) is 0.210. The molecular formula is C17H21BrO2. The second-order valence-electron chi connectivity index (χ2n) is 5.26. The number of alkyl halides is 1. The molecule has 1 aliphatic carbocycles. The zero-order valence-electron chi connectivity index (χ0n) is 11.7. The molecule has 0 saturated heterocycles. The van der Waals surface area contributed by atoms with Crippen molar-refractivity contribution in [1.82, 2.24) is 0 Å². The summed E-state index contributed by atoms with van der Waals surface area (Å²) in [5.41, 5.74) is 1.95. The Bertz CT molecular complexity index is 505. The van der Waals surface area contributed by atoms with Crippen molar-refractivity contribution in [1.29, 1.82) is 0 Å². The van der Waals surface area contributed by atoms with Crippen molar-refractivity contribution < 1.29 is 9.90 Å². The molecule has 0 fully saturated rings. The lowest BCUT2D eigenvalue weighted by molar-refractivity contribution is 0.103. The van der Waals surface area contributed by atoms with E-state index in [4.69, 9.17) is 0 Å². The van der Waals surface area contributed by atoms with Crippen molar-refractivity contribution in [3.63, 3.8) is 0 Å². The Labute approximate surface area is 129 Å². The van der Waals surface area contributed by atoms with Gasteiger partial charge in [0.2, 0.25) is 0 Å². The van der Waals surface area contributed by atoms with Crippen molar-refractivity contribution in [3.8, 4) is 0 Å². The Morgan fingerprint density at radius 1 is 0.900 bits per heavy atom. The number of fused-ring (bicyclic) bond motifs is 1. The van der Waals surface area contributed by atoms with Crippen molar-refractivity contribution in [2.75, 3.05) is 5.33 Å². The number of hydrogen-bond donors (Lipinski definition) is 1. The van der Waals surface area contributed by atoms with Gasteiger partial charge in [0.05, 0.1) is 0 Å². The molecule has 0 radical (unpaired) electrons. The maximum Gasteiger partial charge on any atom is 0.193 e. The van der Waals surface area contributed by atoms with Crippen LogP contribution in [-0.2, 0) is 0 Å². The van der Waals surface area contributed by atoms with Crippen LogP contribution in [0.25, 0.3) is 5.76 Å². The van der Waals surface area contributed by atoms with E-state index in [1.165, 1.54) is 25.7 Å². The molecular weight excluding hydrogens is 316 g/mol. The molecule has 1 aromatic rings. The van der Waals surface area contributed by atoms with E-state index in [2.05, 4.69) is 15.9 Å². The van der Waals surface area contributed by atoms with Crippen LogP contribution in [0.1, 0.15) is 60.9 Å². The molecule has 2 rings (SSSR count). The summed E-state index contributed by atoms with van der Waals surface area (Å²) in [5, 5.41) is 11.2. The van der Waals surface area contributed by atoms with Crippen LogP contribution >= 0.6 is 15.9 Å². The number of carbonyl (C=O) groups excluding carboxylic acids is 1. The van der Waals surface area contributed by atoms with Gasteiger partial charge in [-0.05, 0) is 19.3 Å². The normalized spacial score (nSPS) is 13.9. The van der Waals surface area contributed by atoms with Crippen LogP contribution in [0.5, 0.6) is 0 Å². The molecule has 0 heterocycles. The van der Waals surface area contributed by atoms with Crippen LogP contribution in [-0.4, -0.2) is 16.2 Å². The molecule has 0 bridgehead atoms. The predicted octanol–water partition coefficient (Wildman–Crippen LogP) is 5.28. The molecule has 0 unspecified atom stereocenters. The van der Waals surface area contributed by atoms with Crippen LogP contribution in [0, 0.1) is 0 Å². The fourth-order valence-corrected chi connectivity index (χ4v) is 3.05. The molecule has 0 aromatic heterocycles. The van der Waals surface area contributed by atoms with Crippen LogP contribution in [0.3, 0.4) is 0 Å². The zero-order chi connectivity index (χ0) is 14.4. The number of Topliss-reactive ketones (excluding diaryl/α,β-unsaturated/α-hetero) is 1. The van der Waals surface area contributed by atoms with Crippen molar-refractivity contribution in [2.45, 2.75) is 44.9 Å². The highest BCUT2D eigenvalue weighted by Gasteiger charge is 2.28. The summed E-state index contributed by atoms with van der Waals surface area (Å²) in [4.78, 5) is 12.2. The number of aliphatic hydroxyl groups is 1. The Kier molecular flexibility index (Phi) is 5.84. The summed E-state index contributed by atoms with van der Waals surface area (Å²) in [6, 6.07) is 7.31. The van der Waals surface area contributed by atoms with Gasteiger partial charge in [-0.15, -0.1) is 0 Å². The molecule has 0 amide bonds. The lowest BCUT2D eigenvalue weighted by Gasteiger charge is -2.02. The van der Waals surface area contributed by atoms with E-state index in [9.17, 15) is 9.90 Å². The first-order valence-corrected chi connectivity index (χ1v) is 8.50. The Morgan fingerprint density at radius 2 is 1.50 bits per heavy atom. The number of halogens is 1. The molecule has 0 atom stereocenters. The maximum absolute atomic E-state index is 12.2. The molecule has 0 aliphatic heterocycles. The zero-order valence-corrected chi connectivity index (χ0v) is 13.3. The number of benzene rings is 1. The number of rotatable bonds is 8. The number of allylic oxidation sites excluding steroid dienone is 1. The number of carbonyl (C=O) groups is 1. The van der Waals surface area contributed by atoms with E-state index in [0.29, 0.717) is 23.1 Å². The predicted molar refractivity (Wildman–Crippen MR) is 86.4 cm³/mol. The van der Waals surface area contributed by atoms with E-state index < -0.39 is 0 Å². The second-order valence-corrected chi connectivity index (χ2v) is 6.06. The number of aliphatic hydroxyl groups excluding tert-OH is 1. The number of ketones is 1. The lowest BCUT2D eigenvalue weighted by Crippen LogP contribution is -1.99. The quantitative estimate of drug-likeness (QED) is 0.518. The SMILES string of the molecule is O=C1C(CCCCCCCCBr)=C(O)c2ccccc21. The van der Waals surface area contributed by atoms with Gasteiger partial charge in [0.25, 0.3) is 0 Å².